The van der Waals surface area contributed by atoms with Crippen LogP contribution in [0.4, 0.5) is 38.5 Å². The zero-order valence-corrected chi connectivity index (χ0v) is 41.1. The molecule has 2 aromatic heterocycles. The van der Waals surface area contributed by atoms with Gasteiger partial charge in [0.15, 0.2) is 0 Å². The zero-order chi connectivity index (χ0) is 47.5. The number of aromatic nitrogens is 4. The molecule has 356 valence electrons. The number of hydrogen-bond donors (Lipinski definition) is 2. The highest BCUT2D eigenvalue weighted by Crippen LogP contribution is 2.36. The lowest BCUT2D eigenvalue weighted by Gasteiger charge is -2.37. The van der Waals surface area contributed by atoms with Gasteiger partial charge < -0.3 is 20.2 Å². The summed E-state index contributed by atoms with van der Waals surface area (Å²) < 4.78 is 13.0. The van der Waals surface area contributed by atoms with E-state index in [1.807, 2.05) is 72.9 Å². The SMILES string of the molecule is CCN(CC)CCN1C(=O)N(c2ccccc2Cl)Cc2cnc(NC3CCC(O)CC3)nc21.CCN(CC)CCN1C(=O)N(c2ccccc2Cl)Cc2cnc(S(=O)Cc3ccccc3)nc21. The van der Waals surface area contributed by atoms with Crippen molar-refractivity contribution >= 4 is 75.0 Å². The van der Waals surface area contributed by atoms with Crippen LogP contribution in [-0.2, 0) is 29.6 Å². The van der Waals surface area contributed by atoms with E-state index in [4.69, 9.17) is 28.2 Å². The van der Waals surface area contributed by atoms with E-state index in [1.165, 1.54) is 0 Å². The van der Waals surface area contributed by atoms with Crippen LogP contribution in [0.3, 0.4) is 0 Å². The van der Waals surface area contributed by atoms with Crippen molar-refractivity contribution in [1.29, 1.82) is 0 Å². The maximum atomic E-state index is 13.6. The van der Waals surface area contributed by atoms with E-state index < -0.39 is 10.8 Å². The summed E-state index contributed by atoms with van der Waals surface area (Å²) in [4.78, 5) is 56.9. The van der Waals surface area contributed by atoms with Crippen LogP contribution in [0.25, 0.3) is 0 Å². The lowest BCUT2D eigenvalue weighted by Crippen LogP contribution is -2.50. The molecule has 4 heterocycles. The van der Waals surface area contributed by atoms with Crippen molar-refractivity contribution in [1.82, 2.24) is 29.7 Å². The number of likely N-dealkylation sites (N-methyl/N-ethyl adjacent to an activating group) is 2. The van der Waals surface area contributed by atoms with Crippen molar-refractivity contribution in [2.24, 2.45) is 0 Å². The van der Waals surface area contributed by atoms with Gasteiger partial charge in [-0.15, -0.1) is 0 Å². The summed E-state index contributed by atoms with van der Waals surface area (Å²) in [5.74, 6) is 2.02. The second-order valence-electron chi connectivity index (χ2n) is 16.7. The topological polar surface area (TPSA) is 154 Å². The number of amides is 4. The van der Waals surface area contributed by atoms with Gasteiger partial charge in [-0.05, 0) is 81.7 Å². The molecule has 67 heavy (non-hydrogen) atoms. The number of halogens is 2. The fraction of sp³-hybridized carbons (Fsp3) is 0.429. The van der Waals surface area contributed by atoms with Crippen molar-refractivity contribution in [3.63, 3.8) is 0 Å². The Morgan fingerprint density at radius 3 is 1.66 bits per heavy atom. The third kappa shape index (κ3) is 12.3. The summed E-state index contributed by atoms with van der Waals surface area (Å²) in [6.45, 7) is 15.1. The first-order valence-electron chi connectivity index (χ1n) is 23.2. The third-order valence-electron chi connectivity index (χ3n) is 12.5. The van der Waals surface area contributed by atoms with Gasteiger partial charge in [0.2, 0.25) is 11.1 Å². The van der Waals surface area contributed by atoms with E-state index in [0.29, 0.717) is 77.5 Å². The molecule has 8 rings (SSSR count). The molecule has 2 N–H and O–H groups in total. The summed E-state index contributed by atoms with van der Waals surface area (Å²) in [6.07, 6.45) is 6.60. The van der Waals surface area contributed by atoms with Gasteiger partial charge in [-0.1, -0.05) is 105 Å². The molecule has 1 fully saturated rings. The van der Waals surface area contributed by atoms with Gasteiger partial charge in [-0.2, -0.15) is 4.98 Å². The molecular formula is C49H61Cl2N11O4S. The maximum absolute atomic E-state index is 13.6. The van der Waals surface area contributed by atoms with Gasteiger partial charge >= 0.3 is 12.1 Å². The first-order valence-corrected chi connectivity index (χ1v) is 25.3. The Kier molecular flexibility index (Phi) is 17.5. The first-order chi connectivity index (χ1) is 32.5. The standard InChI is InChI=1S/C25H28ClN5O2S.C24H33ClN6O2/c1-3-29(4-2)14-15-30-23-20(17-31(25(30)32)22-13-9-8-12-21(22)26)16-27-24(28-23)34(33)18-19-10-6-5-7-11-19;1-3-29(4-2)13-14-30-22-17(16-31(24(30)33)21-8-6-5-7-20(21)25)15-26-23(28-22)27-18-9-11-19(32)12-10-18/h5-13,16H,3-4,14-15,17-18H2,1-2H3;5-8,15,18-19,32H,3-4,9-14,16H2,1-2H3,(H,26,27,28). The largest absolute Gasteiger partial charge is 0.393 e. The Balaban J connectivity index is 0.000000199. The van der Waals surface area contributed by atoms with E-state index in [-0.39, 0.29) is 29.4 Å². The molecule has 3 aliphatic rings. The average molecular weight is 971 g/mol. The van der Waals surface area contributed by atoms with Crippen LogP contribution < -0.4 is 24.9 Å². The maximum Gasteiger partial charge on any atom is 0.330 e. The summed E-state index contributed by atoms with van der Waals surface area (Å²) in [6, 6.07) is 24.2. The van der Waals surface area contributed by atoms with Crippen LogP contribution >= 0.6 is 23.2 Å². The number of fused-ring (bicyclic) bond motifs is 2. The summed E-state index contributed by atoms with van der Waals surface area (Å²) in [5.41, 5.74) is 3.95. The summed E-state index contributed by atoms with van der Waals surface area (Å²) in [7, 11) is -1.43. The van der Waals surface area contributed by atoms with Crippen LogP contribution in [0, 0.1) is 0 Å². The Labute approximate surface area is 406 Å². The highest BCUT2D eigenvalue weighted by molar-refractivity contribution is 7.84. The van der Waals surface area contributed by atoms with Crippen LogP contribution in [0.5, 0.6) is 0 Å². The number of carbonyl (C=O) groups excluding carboxylic acids is 2. The number of nitrogens with zero attached hydrogens (tertiary/aromatic N) is 10. The highest BCUT2D eigenvalue weighted by Gasteiger charge is 2.36. The smallest absolute Gasteiger partial charge is 0.330 e. The minimum absolute atomic E-state index is 0.131. The second-order valence-corrected chi connectivity index (χ2v) is 18.8. The molecule has 3 aromatic carbocycles. The Morgan fingerprint density at radius 1 is 0.672 bits per heavy atom. The fourth-order valence-electron chi connectivity index (χ4n) is 8.47. The Hall–Kier alpha value is -5.23. The van der Waals surface area contributed by atoms with Gasteiger partial charge in [0.1, 0.15) is 11.6 Å². The predicted molar refractivity (Wildman–Crippen MR) is 269 cm³/mol. The number of aliphatic hydroxyl groups excluding tert-OH is 1. The van der Waals surface area contributed by atoms with E-state index in [9.17, 15) is 18.9 Å². The molecule has 4 amide bonds. The number of nitrogens with one attached hydrogen (secondary N) is 1. The van der Waals surface area contributed by atoms with Crippen molar-refractivity contribution < 1.29 is 18.9 Å². The van der Waals surface area contributed by atoms with Crippen LogP contribution in [0.1, 0.15) is 70.1 Å². The monoisotopic (exact) mass is 969 g/mol. The average Bonchev–Trinajstić information content (AvgIpc) is 3.34. The molecule has 1 unspecified atom stereocenters. The highest BCUT2D eigenvalue weighted by atomic mass is 35.5. The number of anilines is 5. The number of hydrogen-bond acceptors (Lipinski definition) is 11. The number of benzene rings is 3. The third-order valence-corrected chi connectivity index (χ3v) is 14.3. The number of urea groups is 2. The lowest BCUT2D eigenvalue weighted by atomic mass is 9.93. The van der Waals surface area contributed by atoms with Crippen LogP contribution in [-0.4, -0.2) is 116 Å². The van der Waals surface area contributed by atoms with Gasteiger partial charge in [0.25, 0.3) is 0 Å². The predicted octanol–water partition coefficient (Wildman–Crippen LogP) is 8.86. The molecule has 0 saturated heterocycles. The van der Waals surface area contributed by atoms with Crippen molar-refractivity contribution in [2.45, 2.75) is 89.5 Å². The zero-order valence-electron chi connectivity index (χ0n) is 38.7. The van der Waals surface area contributed by atoms with Gasteiger partial charge in [0, 0.05) is 55.7 Å². The summed E-state index contributed by atoms with van der Waals surface area (Å²) in [5, 5.41) is 14.5. The minimum Gasteiger partial charge on any atom is -0.393 e. The van der Waals surface area contributed by atoms with Crippen LogP contribution in [0.2, 0.25) is 10.0 Å². The quantitative estimate of drug-likeness (QED) is 0.0860. The van der Waals surface area contributed by atoms with Gasteiger partial charge in [0.05, 0.1) is 57.2 Å². The van der Waals surface area contributed by atoms with Crippen LogP contribution in [0.15, 0.2) is 96.4 Å². The van der Waals surface area contributed by atoms with Crippen molar-refractivity contribution in [3.05, 3.63) is 118 Å². The molecule has 1 aliphatic carbocycles. The number of rotatable bonds is 17. The summed E-state index contributed by atoms with van der Waals surface area (Å²) >= 11 is 12.9. The molecule has 1 saturated carbocycles. The molecule has 0 spiro atoms. The van der Waals surface area contributed by atoms with E-state index >= 15 is 0 Å². The molecule has 5 aromatic rings. The molecule has 2 aliphatic heterocycles. The second kappa shape index (κ2) is 23.7. The molecule has 0 radical (unpaired) electrons. The van der Waals surface area contributed by atoms with Gasteiger partial charge in [-0.25, -0.2) is 24.5 Å². The molecule has 0 bridgehead atoms. The molecule has 15 nitrogen and oxygen atoms in total. The number of carbonyl (C=O) groups is 2. The van der Waals surface area contributed by atoms with Gasteiger partial charge in [-0.3, -0.25) is 23.8 Å². The Bertz CT molecular complexity index is 2470. The van der Waals surface area contributed by atoms with E-state index in [1.54, 1.807) is 37.9 Å². The van der Waals surface area contributed by atoms with Crippen molar-refractivity contribution in [3.8, 4) is 0 Å². The lowest BCUT2D eigenvalue weighted by molar-refractivity contribution is 0.126. The Morgan fingerprint density at radius 2 is 1.15 bits per heavy atom. The molecule has 1 atom stereocenters. The van der Waals surface area contributed by atoms with Crippen molar-refractivity contribution in [2.75, 3.05) is 77.3 Å². The molecular weight excluding hydrogens is 910 g/mol. The molecule has 18 heteroatoms. The first kappa shape index (κ1) is 49.7. The fourth-order valence-corrected chi connectivity index (χ4v) is 9.93. The van der Waals surface area contributed by atoms with E-state index in [0.717, 1.165) is 75.1 Å². The number of para-hydroxylation sites is 2. The number of aliphatic hydroxyl groups is 1. The minimum atomic E-state index is -1.43. The normalized spacial score (nSPS) is 17.6. The van der Waals surface area contributed by atoms with E-state index in [2.05, 4.69) is 57.8 Å².